The molecule has 94 valence electrons. The first-order valence-electron chi connectivity index (χ1n) is 4.62. The highest BCUT2D eigenvalue weighted by atomic mass is 35.5. The molecule has 1 heterocycles. The molecule has 1 aromatic heterocycles. The van der Waals surface area contributed by atoms with Crippen LogP contribution in [0.5, 0.6) is 11.6 Å². The lowest BCUT2D eigenvalue weighted by Crippen LogP contribution is -1.98. The maximum absolute atomic E-state index is 13.2. The molecule has 2 aromatic rings. The molecule has 1 aromatic carbocycles. The van der Waals surface area contributed by atoms with Gasteiger partial charge in [-0.1, -0.05) is 11.6 Å². The summed E-state index contributed by atoms with van der Waals surface area (Å²) in [7, 11) is 0. The van der Waals surface area contributed by atoms with E-state index in [-0.39, 0.29) is 16.8 Å². The number of nitrogens with zero attached hydrogens (tertiary/aromatic N) is 1. The first-order chi connectivity index (χ1) is 8.47. The summed E-state index contributed by atoms with van der Waals surface area (Å²) in [4.78, 5) is 2.94. The molecule has 0 spiro atoms. The first kappa shape index (κ1) is 12.6. The number of hydrogen-bond donors (Lipinski definition) is 0. The molecule has 0 radical (unpaired) electrons. The van der Waals surface area contributed by atoms with E-state index in [2.05, 4.69) is 4.98 Å². The van der Waals surface area contributed by atoms with Crippen molar-refractivity contribution in [3.63, 3.8) is 0 Å². The third-order valence-corrected chi connectivity index (χ3v) is 2.25. The Morgan fingerprint density at radius 1 is 1.00 bits per heavy atom. The summed E-state index contributed by atoms with van der Waals surface area (Å²) in [6.07, 6.45) is 0. The summed E-state index contributed by atoms with van der Waals surface area (Å²) in [5.74, 6) is -5.69. The molecule has 0 bridgehead atoms. The van der Waals surface area contributed by atoms with Crippen LogP contribution < -0.4 is 4.74 Å². The number of benzene rings is 1. The summed E-state index contributed by atoms with van der Waals surface area (Å²) < 4.78 is 56.2. The Labute approximate surface area is 104 Å². The summed E-state index contributed by atoms with van der Waals surface area (Å²) in [6, 6.07) is 3.34. The topological polar surface area (TPSA) is 22.1 Å². The van der Waals surface area contributed by atoms with Gasteiger partial charge in [0.2, 0.25) is 0 Å². The fraction of sp³-hybridized carbons (Fsp3) is 0. The summed E-state index contributed by atoms with van der Waals surface area (Å²) in [6.45, 7) is 0. The highest BCUT2D eigenvalue weighted by Crippen LogP contribution is 2.30. The molecular formula is C11H4ClF4NO. The Morgan fingerprint density at radius 2 is 1.72 bits per heavy atom. The molecule has 0 N–H and O–H groups in total. The molecule has 0 amide bonds. The van der Waals surface area contributed by atoms with E-state index >= 15 is 0 Å². The Bertz CT molecular complexity index is 606. The van der Waals surface area contributed by atoms with Gasteiger partial charge in [0.1, 0.15) is 11.6 Å². The minimum atomic E-state index is -1.51. The highest BCUT2D eigenvalue weighted by Gasteiger charge is 2.15. The van der Waals surface area contributed by atoms with E-state index < -0.39 is 29.3 Å². The Balaban J connectivity index is 2.37. The molecule has 0 unspecified atom stereocenters. The zero-order valence-corrected chi connectivity index (χ0v) is 9.31. The van der Waals surface area contributed by atoms with E-state index in [0.717, 1.165) is 18.2 Å². The van der Waals surface area contributed by atoms with Gasteiger partial charge in [0, 0.05) is 6.07 Å². The average Bonchev–Trinajstić information content (AvgIpc) is 2.29. The van der Waals surface area contributed by atoms with Crippen LogP contribution in [-0.2, 0) is 0 Å². The van der Waals surface area contributed by atoms with Crippen LogP contribution in [0.2, 0.25) is 5.02 Å². The maximum atomic E-state index is 13.2. The average molecular weight is 278 g/mol. The number of halogens is 5. The lowest BCUT2D eigenvalue weighted by Gasteiger charge is -2.07. The standard InChI is InChI=1S/C11H4ClF4NO/c12-6-3-5(13)1-2-9(6)18-11-8(15)4-7(14)10(16)17-11/h1-4H. The van der Waals surface area contributed by atoms with Gasteiger partial charge < -0.3 is 4.74 Å². The van der Waals surface area contributed by atoms with Crippen LogP contribution in [0.25, 0.3) is 0 Å². The molecule has 18 heavy (non-hydrogen) atoms. The molecule has 0 aliphatic carbocycles. The van der Waals surface area contributed by atoms with E-state index in [1.54, 1.807) is 0 Å². The number of pyridine rings is 1. The number of rotatable bonds is 2. The van der Waals surface area contributed by atoms with Crippen LogP contribution in [0.1, 0.15) is 0 Å². The maximum Gasteiger partial charge on any atom is 0.258 e. The fourth-order valence-corrected chi connectivity index (χ4v) is 1.37. The molecule has 0 saturated carbocycles. The van der Waals surface area contributed by atoms with Crippen molar-refractivity contribution < 1.29 is 22.3 Å². The fourth-order valence-electron chi connectivity index (χ4n) is 1.16. The van der Waals surface area contributed by atoms with Crippen LogP contribution >= 0.6 is 11.6 Å². The third-order valence-electron chi connectivity index (χ3n) is 1.96. The van der Waals surface area contributed by atoms with Crippen molar-refractivity contribution in [1.82, 2.24) is 4.98 Å². The van der Waals surface area contributed by atoms with Gasteiger partial charge in [-0.05, 0) is 18.2 Å². The van der Waals surface area contributed by atoms with Gasteiger partial charge in [-0.25, -0.2) is 13.2 Å². The molecule has 0 aliphatic rings. The van der Waals surface area contributed by atoms with Crippen LogP contribution in [0.3, 0.4) is 0 Å². The van der Waals surface area contributed by atoms with Crippen molar-refractivity contribution in [3.05, 3.63) is 52.7 Å². The molecule has 7 heteroatoms. The molecule has 0 aliphatic heterocycles. The lowest BCUT2D eigenvalue weighted by molar-refractivity contribution is 0.386. The van der Waals surface area contributed by atoms with E-state index in [4.69, 9.17) is 16.3 Å². The second-order valence-electron chi connectivity index (χ2n) is 3.22. The summed E-state index contributed by atoms with van der Waals surface area (Å²) in [5, 5.41) is -0.152. The van der Waals surface area contributed by atoms with Gasteiger partial charge >= 0.3 is 0 Å². The van der Waals surface area contributed by atoms with Gasteiger partial charge in [-0.15, -0.1) is 0 Å². The smallest absolute Gasteiger partial charge is 0.258 e. The number of ether oxygens (including phenoxy) is 1. The van der Waals surface area contributed by atoms with Gasteiger partial charge in [0.15, 0.2) is 11.6 Å². The van der Waals surface area contributed by atoms with Crippen LogP contribution in [0, 0.1) is 23.4 Å². The van der Waals surface area contributed by atoms with Crippen LogP contribution in [0.15, 0.2) is 24.3 Å². The second-order valence-corrected chi connectivity index (χ2v) is 3.63. The highest BCUT2D eigenvalue weighted by molar-refractivity contribution is 6.32. The lowest BCUT2D eigenvalue weighted by atomic mass is 10.3. The van der Waals surface area contributed by atoms with Gasteiger partial charge in [-0.3, -0.25) is 0 Å². The summed E-state index contributed by atoms with van der Waals surface area (Å²) in [5.41, 5.74) is 0. The monoisotopic (exact) mass is 277 g/mol. The molecule has 0 atom stereocenters. The normalized spacial score (nSPS) is 10.5. The zero-order valence-electron chi connectivity index (χ0n) is 8.55. The zero-order chi connectivity index (χ0) is 13.3. The van der Waals surface area contributed by atoms with Crippen LogP contribution in [-0.4, -0.2) is 4.98 Å². The molecule has 0 saturated heterocycles. The van der Waals surface area contributed by atoms with E-state index in [1.807, 2.05) is 0 Å². The van der Waals surface area contributed by atoms with Gasteiger partial charge in [0.25, 0.3) is 11.8 Å². The quantitative estimate of drug-likeness (QED) is 0.609. The number of aromatic nitrogens is 1. The van der Waals surface area contributed by atoms with Crippen molar-refractivity contribution in [2.45, 2.75) is 0 Å². The Morgan fingerprint density at radius 3 is 2.39 bits per heavy atom. The first-order valence-corrected chi connectivity index (χ1v) is 4.99. The second kappa shape index (κ2) is 4.81. The minimum absolute atomic E-state index is 0.129. The minimum Gasteiger partial charge on any atom is -0.435 e. The number of hydrogen-bond acceptors (Lipinski definition) is 2. The molecule has 0 fully saturated rings. The van der Waals surface area contributed by atoms with Gasteiger partial charge in [-0.2, -0.15) is 9.37 Å². The van der Waals surface area contributed by atoms with Crippen molar-refractivity contribution in [1.29, 1.82) is 0 Å². The SMILES string of the molecule is Fc1ccc(Oc2nc(F)c(F)cc2F)c(Cl)c1. The van der Waals surface area contributed by atoms with Crippen molar-refractivity contribution in [3.8, 4) is 11.6 Å². The third kappa shape index (κ3) is 2.53. The van der Waals surface area contributed by atoms with Crippen molar-refractivity contribution in [2.24, 2.45) is 0 Å². The largest absolute Gasteiger partial charge is 0.435 e. The molecule has 2 rings (SSSR count). The van der Waals surface area contributed by atoms with Gasteiger partial charge in [0.05, 0.1) is 5.02 Å². The Kier molecular flexibility index (Phi) is 3.38. The predicted octanol–water partition coefficient (Wildman–Crippen LogP) is 4.08. The summed E-state index contributed by atoms with van der Waals surface area (Å²) >= 11 is 5.62. The molecular weight excluding hydrogens is 274 g/mol. The van der Waals surface area contributed by atoms with E-state index in [1.165, 1.54) is 0 Å². The van der Waals surface area contributed by atoms with E-state index in [9.17, 15) is 17.6 Å². The van der Waals surface area contributed by atoms with Crippen molar-refractivity contribution >= 4 is 11.6 Å². The van der Waals surface area contributed by atoms with E-state index in [0.29, 0.717) is 0 Å². The molecule has 2 nitrogen and oxygen atoms in total. The van der Waals surface area contributed by atoms with Crippen LogP contribution in [0.4, 0.5) is 17.6 Å². The predicted molar refractivity (Wildman–Crippen MR) is 55.6 cm³/mol. The Hall–Kier alpha value is -1.82. The van der Waals surface area contributed by atoms with Crippen molar-refractivity contribution in [2.75, 3.05) is 0 Å².